The molecule has 2 spiro atoms. The van der Waals surface area contributed by atoms with Crippen LogP contribution in [0.15, 0.2) is 58.2 Å². The maximum Gasteiger partial charge on any atom is 0.306 e. The van der Waals surface area contributed by atoms with Crippen molar-refractivity contribution in [2.24, 2.45) is 40.4 Å². The highest BCUT2D eigenvalue weighted by Gasteiger charge is 2.74. The Balaban J connectivity index is 1.40. The fraction of sp³-hybridized carbons (Fsp3) is 0.649. The largest absolute Gasteiger partial charge is 0.481 e. The summed E-state index contributed by atoms with van der Waals surface area (Å²) in [7, 11) is 1.63. The minimum absolute atomic E-state index is 0.0402. The average molecular weight is 617 g/mol. The Morgan fingerprint density at radius 2 is 1.71 bits per heavy atom. The van der Waals surface area contributed by atoms with Gasteiger partial charge in [0.25, 0.3) is 11.1 Å². The van der Waals surface area contributed by atoms with Crippen LogP contribution in [0.4, 0.5) is 0 Å². The molecule has 1 aromatic heterocycles. The van der Waals surface area contributed by atoms with Gasteiger partial charge < -0.3 is 14.6 Å². The normalized spacial score (nSPS) is 39.3. The third-order valence-corrected chi connectivity index (χ3v) is 13.5. The molecular formula is C37H48N2O6. The van der Waals surface area contributed by atoms with E-state index in [-0.39, 0.29) is 52.6 Å². The molecule has 45 heavy (non-hydrogen) atoms. The summed E-state index contributed by atoms with van der Waals surface area (Å²) in [5.74, 6) is -0.0783. The molecule has 8 nitrogen and oxygen atoms in total. The third-order valence-electron chi connectivity index (χ3n) is 13.5. The number of hydrogen-bond acceptors (Lipinski definition) is 5. The van der Waals surface area contributed by atoms with Crippen molar-refractivity contribution in [2.45, 2.75) is 96.2 Å². The number of methoxy groups -OCH3 is 1. The van der Waals surface area contributed by atoms with Crippen LogP contribution >= 0.6 is 0 Å². The highest BCUT2D eigenvalue weighted by Crippen LogP contribution is 2.74. The van der Waals surface area contributed by atoms with Crippen molar-refractivity contribution in [3.63, 3.8) is 0 Å². The van der Waals surface area contributed by atoms with Gasteiger partial charge in [-0.05, 0) is 86.2 Å². The zero-order chi connectivity index (χ0) is 31.9. The summed E-state index contributed by atoms with van der Waals surface area (Å²) in [5.41, 5.74) is -1.67. The first kappa shape index (κ1) is 30.7. The Bertz CT molecular complexity index is 1710. The molecule has 3 fully saturated rings. The van der Waals surface area contributed by atoms with E-state index in [9.17, 15) is 19.5 Å². The molecule has 1 aromatic carbocycles. The first-order valence-electron chi connectivity index (χ1n) is 16.9. The molecule has 3 heterocycles. The average Bonchev–Trinajstić information content (AvgIpc) is 3.39. The monoisotopic (exact) mass is 616 g/mol. The number of allylic oxidation sites excluding steroid dienone is 4. The molecule has 1 N–H and O–H groups in total. The Labute approximate surface area is 265 Å². The quantitative estimate of drug-likeness (QED) is 0.286. The van der Waals surface area contributed by atoms with Crippen molar-refractivity contribution in [2.75, 3.05) is 13.9 Å². The van der Waals surface area contributed by atoms with Crippen LogP contribution in [-0.4, -0.2) is 40.4 Å². The third kappa shape index (κ3) is 3.94. The van der Waals surface area contributed by atoms with Crippen molar-refractivity contribution in [1.29, 1.82) is 0 Å². The molecule has 2 aromatic rings. The van der Waals surface area contributed by atoms with Crippen LogP contribution in [0.2, 0.25) is 0 Å². The molecule has 2 bridgehead atoms. The van der Waals surface area contributed by atoms with Gasteiger partial charge >= 0.3 is 5.97 Å². The molecule has 10 atom stereocenters. The summed E-state index contributed by atoms with van der Waals surface area (Å²) < 4.78 is 15.3. The Morgan fingerprint density at radius 3 is 2.40 bits per heavy atom. The van der Waals surface area contributed by atoms with Gasteiger partial charge in [-0.15, -0.1) is 0 Å². The van der Waals surface area contributed by atoms with Crippen LogP contribution in [0.25, 0.3) is 10.8 Å². The lowest BCUT2D eigenvalue weighted by Gasteiger charge is -2.72. The van der Waals surface area contributed by atoms with E-state index >= 15 is 0 Å². The van der Waals surface area contributed by atoms with Crippen molar-refractivity contribution < 1.29 is 19.4 Å². The number of carboxylic acid groups (broad SMARTS) is 1. The van der Waals surface area contributed by atoms with Gasteiger partial charge in [-0.1, -0.05) is 64.1 Å². The van der Waals surface area contributed by atoms with Crippen LogP contribution in [0.1, 0.15) is 79.1 Å². The zero-order valence-corrected chi connectivity index (χ0v) is 27.3. The number of aliphatic carboxylic acids is 1. The summed E-state index contributed by atoms with van der Waals surface area (Å²) in [6, 6.07) is 7.34. The minimum atomic E-state index is -0.769. The number of rotatable bonds is 8. The van der Waals surface area contributed by atoms with Crippen LogP contribution in [0.5, 0.6) is 0 Å². The molecule has 3 saturated carbocycles. The van der Waals surface area contributed by atoms with E-state index in [0.717, 1.165) is 38.5 Å². The molecule has 4 unspecified atom stereocenters. The Morgan fingerprint density at radius 1 is 1.00 bits per heavy atom. The zero-order valence-electron chi connectivity index (χ0n) is 27.3. The first-order valence-corrected chi connectivity index (χ1v) is 16.9. The fourth-order valence-electron chi connectivity index (χ4n) is 11.4. The van der Waals surface area contributed by atoms with Gasteiger partial charge in [0.2, 0.25) is 0 Å². The number of carboxylic acids is 1. The Kier molecular flexibility index (Phi) is 7.17. The minimum Gasteiger partial charge on any atom is -0.481 e. The number of hydrogen-bond donors (Lipinski definition) is 1. The predicted molar refractivity (Wildman–Crippen MR) is 173 cm³/mol. The highest BCUT2D eigenvalue weighted by molar-refractivity contribution is 5.80. The molecule has 242 valence electrons. The van der Waals surface area contributed by atoms with Crippen LogP contribution in [-0.2, 0) is 25.3 Å². The lowest BCUT2D eigenvalue weighted by molar-refractivity contribution is -0.211. The lowest BCUT2D eigenvalue weighted by atomic mass is 9.40. The standard InChI is InChI=1S/C37H48N2O6/c1-23(9-8-10-24(2)33(42)43)28-13-14-29-34(28,3)17-16-30-35(4)18-15-25(45-22-44-5)21-36(35)19-20-37(29,30)39-32(41)27-12-7-6-11-26(27)31(40)38(36)39/h6-9,11-12,19-20,23-25,28-30H,10,13-18,21-22H2,1-5H3,(H,42,43)/t23-,24?,25?,28-,29-,30-,34-,35-,36?,37?/m1/s1. The summed E-state index contributed by atoms with van der Waals surface area (Å²) in [5, 5.41) is 10.3. The number of benzene rings is 1. The van der Waals surface area contributed by atoms with Gasteiger partial charge in [0.05, 0.1) is 33.9 Å². The Hall–Kier alpha value is -2.97. The molecule has 4 aliphatic carbocycles. The van der Waals surface area contributed by atoms with Crippen LogP contribution in [0, 0.1) is 40.4 Å². The second-order valence-corrected chi connectivity index (χ2v) is 15.4. The SMILES string of the molecule is COCOC1CC[C@]2(C)[C@H]3CC[C@]4(C)[C@@H]([C@H](C)C=CCC(C)C(=O)O)CC[C@H]4C34C=CC2(C1)n1c(=O)c2ccccc2c(=O)n14. The van der Waals surface area contributed by atoms with E-state index in [1.165, 1.54) is 0 Å². The molecule has 8 heteroatoms. The van der Waals surface area contributed by atoms with Gasteiger partial charge in [-0.25, -0.2) is 9.36 Å². The van der Waals surface area contributed by atoms with Crippen molar-refractivity contribution in [3.8, 4) is 0 Å². The van der Waals surface area contributed by atoms with Gasteiger partial charge in [-0.2, -0.15) is 0 Å². The second kappa shape index (κ2) is 10.5. The number of fused-ring (bicyclic) bond motifs is 2. The molecule has 0 radical (unpaired) electrons. The maximum absolute atomic E-state index is 14.8. The van der Waals surface area contributed by atoms with E-state index < -0.39 is 23.0 Å². The van der Waals surface area contributed by atoms with Gasteiger partial charge in [0.1, 0.15) is 6.79 Å². The van der Waals surface area contributed by atoms with E-state index in [1.54, 1.807) is 20.1 Å². The molecule has 0 saturated heterocycles. The number of aromatic nitrogens is 2. The molecule has 0 amide bonds. The fourth-order valence-corrected chi connectivity index (χ4v) is 11.4. The predicted octanol–water partition coefficient (Wildman–Crippen LogP) is 6.06. The summed E-state index contributed by atoms with van der Waals surface area (Å²) in [6.07, 6.45) is 16.0. The first-order chi connectivity index (χ1) is 21.5. The number of ether oxygens (including phenoxy) is 2. The van der Waals surface area contributed by atoms with Crippen molar-refractivity contribution in [3.05, 3.63) is 69.3 Å². The second-order valence-electron chi connectivity index (χ2n) is 15.4. The lowest BCUT2D eigenvalue weighted by Crippen LogP contribution is -2.78. The van der Waals surface area contributed by atoms with Crippen LogP contribution < -0.4 is 11.1 Å². The van der Waals surface area contributed by atoms with Gasteiger partial charge in [0.15, 0.2) is 0 Å². The number of carbonyl (C=O) groups is 1. The summed E-state index contributed by atoms with van der Waals surface area (Å²) >= 11 is 0. The van der Waals surface area contributed by atoms with Crippen molar-refractivity contribution >= 4 is 16.7 Å². The van der Waals surface area contributed by atoms with Gasteiger partial charge in [-0.3, -0.25) is 14.4 Å². The molecule has 8 rings (SSSR count). The number of nitrogens with zero attached hydrogens (tertiary/aromatic N) is 2. The van der Waals surface area contributed by atoms with Crippen molar-refractivity contribution in [1.82, 2.24) is 9.36 Å². The summed E-state index contributed by atoms with van der Waals surface area (Å²) in [6.45, 7) is 9.05. The highest BCUT2D eigenvalue weighted by atomic mass is 16.7. The van der Waals surface area contributed by atoms with E-state index in [2.05, 4.69) is 45.1 Å². The van der Waals surface area contributed by atoms with E-state index in [1.807, 2.05) is 27.6 Å². The van der Waals surface area contributed by atoms with Gasteiger partial charge in [0, 0.05) is 18.9 Å². The molecule has 2 aliphatic heterocycles. The topological polar surface area (TPSA) is 99.8 Å². The summed E-state index contributed by atoms with van der Waals surface area (Å²) in [4.78, 5) is 40.9. The van der Waals surface area contributed by atoms with E-state index in [4.69, 9.17) is 9.47 Å². The molecular weight excluding hydrogens is 568 g/mol. The molecule has 6 aliphatic rings. The van der Waals surface area contributed by atoms with Crippen LogP contribution in [0.3, 0.4) is 0 Å². The maximum atomic E-state index is 14.8. The van der Waals surface area contributed by atoms with E-state index in [0.29, 0.717) is 29.5 Å². The smallest absolute Gasteiger partial charge is 0.306 e.